The summed E-state index contributed by atoms with van der Waals surface area (Å²) in [5.74, 6) is -0.586. The van der Waals surface area contributed by atoms with Gasteiger partial charge in [0.15, 0.2) is 0 Å². The molecule has 2 N–H and O–H groups in total. The van der Waals surface area contributed by atoms with Gasteiger partial charge in [0.2, 0.25) is 23.6 Å². The lowest BCUT2D eigenvalue weighted by molar-refractivity contribution is -0.139. The third-order valence-electron chi connectivity index (χ3n) is 2.87. The van der Waals surface area contributed by atoms with Gasteiger partial charge >= 0.3 is 0 Å². The summed E-state index contributed by atoms with van der Waals surface area (Å²) in [4.78, 5) is 46.7. The lowest BCUT2D eigenvalue weighted by Crippen LogP contribution is -2.39. The monoisotopic (exact) mass is 301 g/mol. The van der Waals surface area contributed by atoms with Gasteiger partial charge in [-0.3, -0.25) is 24.1 Å². The van der Waals surface area contributed by atoms with E-state index in [1.807, 2.05) is 0 Å². The first-order valence-electron chi connectivity index (χ1n) is 6.35. The van der Waals surface area contributed by atoms with E-state index >= 15 is 0 Å². The zero-order chi connectivity index (χ0) is 15.1. The highest BCUT2D eigenvalue weighted by molar-refractivity contribution is 8.00. The van der Waals surface area contributed by atoms with Gasteiger partial charge in [0.1, 0.15) is 0 Å². The second-order valence-corrected chi connectivity index (χ2v) is 5.49. The molecule has 0 aromatic rings. The van der Waals surface area contributed by atoms with Crippen LogP contribution in [-0.2, 0) is 19.2 Å². The molecule has 1 fully saturated rings. The summed E-state index contributed by atoms with van der Waals surface area (Å²) in [6.07, 6.45) is 0.245. The number of imide groups is 1. The number of thioether (sulfide) groups is 1. The van der Waals surface area contributed by atoms with Crippen molar-refractivity contribution in [3.63, 3.8) is 0 Å². The van der Waals surface area contributed by atoms with Crippen molar-refractivity contribution >= 4 is 35.4 Å². The lowest BCUT2D eigenvalue weighted by Gasteiger charge is -2.14. The maximum Gasteiger partial charge on any atom is 0.232 e. The third kappa shape index (κ3) is 4.84. The third-order valence-corrected chi connectivity index (χ3v) is 3.80. The molecule has 1 aliphatic heterocycles. The number of carbonyl (C=O) groups is 4. The summed E-state index contributed by atoms with van der Waals surface area (Å²) in [6.45, 7) is 2.16. The van der Waals surface area contributed by atoms with Crippen LogP contribution in [0.3, 0.4) is 0 Å². The average Bonchev–Trinajstić information content (AvgIpc) is 2.64. The molecule has 0 unspecified atom stereocenters. The minimum Gasteiger partial charge on any atom is -0.358 e. The molecular formula is C12H19N3O4S. The molecular weight excluding hydrogens is 282 g/mol. The number of hydrogen-bond donors (Lipinski definition) is 2. The summed E-state index contributed by atoms with van der Waals surface area (Å²) in [5, 5.41) is 5.08. The molecule has 0 aliphatic carbocycles. The average molecular weight is 301 g/mol. The second-order valence-electron chi connectivity index (χ2n) is 4.50. The molecule has 1 rings (SSSR count). The molecule has 20 heavy (non-hydrogen) atoms. The Kier molecular flexibility index (Phi) is 6.50. The smallest absolute Gasteiger partial charge is 0.232 e. The highest BCUT2D eigenvalue weighted by Gasteiger charge is 2.34. The zero-order valence-corrected chi connectivity index (χ0v) is 12.4. The van der Waals surface area contributed by atoms with Gasteiger partial charge in [-0.2, -0.15) is 0 Å². The van der Waals surface area contributed by atoms with E-state index in [2.05, 4.69) is 10.6 Å². The van der Waals surface area contributed by atoms with Crippen molar-refractivity contribution in [1.82, 2.24) is 15.5 Å². The highest BCUT2D eigenvalue weighted by Crippen LogP contribution is 2.17. The van der Waals surface area contributed by atoms with Gasteiger partial charge in [0.05, 0.1) is 11.5 Å². The molecule has 0 aromatic heterocycles. The fourth-order valence-electron chi connectivity index (χ4n) is 1.75. The summed E-state index contributed by atoms with van der Waals surface area (Å²) in [7, 11) is 1.54. The summed E-state index contributed by atoms with van der Waals surface area (Å²) < 4.78 is 0. The number of nitrogens with zero attached hydrogens (tertiary/aromatic N) is 1. The molecule has 0 aromatic carbocycles. The van der Waals surface area contributed by atoms with E-state index in [-0.39, 0.29) is 60.6 Å². The summed E-state index contributed by atoms with van der Waals surface area (Å²) in [5.41, 5.74) is 0. The molecule has 1 aliphatic rings. The van der Waals surface area contributed by atoms with Crippen molar-refractivity contribution in [2.24, 2.45) is 5.92 Å². The van der Waals surface area contributed by atoms with Gasteiger partial charge in [-0.25, -0.2) is 0 Å². The summed E-state index contributed by atoms with van der Waals surface area (Å²) >= 11 is 1.21. The van der Waals surface area contributed by atoms with Crippen molar-refractivity contribution < 1.29 is 19.2 Å². The number of rotatable bonds is 7. The number of amides is 4. The molecule has 112 valence electrons. The molecule has 7 nitrogen and oxygen atoms in total. The molecule has 1 saturated heterocycles. The van der Waals surface area contributed by atoms with Crippen molar-refractivity contribution in [2.45, 2.75) is 13.3 Å². The molecule has 4 amide bonds. The molecule has 0 bridgehead atoms. The van der Waals surface area contributed by atoms with Crippen LogP contribution >= 0.6 is 11.8 Å². The van der Waals surface area contributed by atoms with Crippen molar-refractivity contribution in [2.75, 3.05) is 31.6 Å². The van der Waals surface area contributed by atoms with E-state index < -0.39 is 0 Å². The standard InChI is InChI=1S/C12H19N3O4S/c1-8-5-11(18)15(12(8)19)4-3-14-10(17)7-20-6-9(16)13-2/h8H,3-7H2,1-2H3,(H,13,16)(H,14,17)/t8-/m0/s1. The van der Waals surface area contributed by atoms with E-state index in [9.17, 15) is 19.2 Å². The SMILES string of the molecule is CNC(=O)CSCC(=O)NCCN1C(=O)C[C@H](C)C1=O. The Balaban J connectivity index is 2.17. The van der Waals surface area contributed by atoms with Gasteiger partial charge in [-0.05, 0) is 0 Å². The first-order valence-corrected chi connectivity index (χ1v) is 7.50. The van der Waals surface area contributed by atoms with Crippen LogP contribution in [-0.4, -0.2) is 60.2 Å². The van der Waals surface area contributed by atoms with Crippen LogP contribution in [0.2, 0.25) is 0 Å². The van der Waals surface area contributed by atoms with Crippen LogP contribution in [0, 0.1) is 5.92 Å². The number of carbonyl (C=O) groups excluding carboxylic acids is 4. The molecule has 8 heteroatoms. The Labute approximate surface area is 121 Å². The van der Waals surface area contributed by atoms with Crippen molar-refractivity contribution in [1.29, 1.82) is 0 Å². The maximum atomic E-state index is 11.6. The summed E-state index contributed by atoms with van der Waals surface area (Å²) in [6, 6.07) is 0. The van der Waals surface area contributed by atoms with Crippen LogP contribution in [0.25, 0.3) is 0 Å². The van der Waals surface area contributed by atoms with Gasteiger partial charge < -0.3 is 10.6 Å². The van der Waals surface area contributed by atoms with Crippen LogP contribution in [0.15, 0.2) is 0 Å². The largest absolute Gasteiger partial charge is 0.358 e. The Morgan fingerprint density at radius 3 is 2.50 bits per heavy atom. The van der Waals surface area contributed by atoms with E-state index in [4.69, 9.17) is 0 Å². The topological polar surface area (TPSA) is 95.6 Å². The zero-order valence-electron chi connectivity index (χ0n) is 11.6. The van der Waals surface area contributed by atoms with Crippen LogP contribution in [0.1, 0.15) is 13.3 Å². The van der Waals surface area contributed by atoms with Gasteiger partial charge in [-0.15, -0.1) is 11.8 Å². The van der Waals surface area contributed by atoms with E-state index in [1.54, 1.807) is 6.92 Å². The number of hydrogen-bond acceptors (Lipinski definition) is 5. The van der Waals surface area contributed by atoms with E-state index in [0.29, 0.717) is 0 Å². The Morgan fingerprint density at radius 1 is 1.30 bits per heavy atom. The first-order chi connectivity index (χ1) is 9.45. The molecule has 0 radical (unpaired) electrons. The Bertz CT molecular complexity index is 414. The lowest BCUT2D eigenvalue weighted by atomic mass is 10.1. The van der Waals surface area contributed by atoms with Crippen molar-refractivity contribution in [3.8, 4) is 0 Å². The normalized spacial score (nSPS) is 18.3. The fourth-order valence-corrected chi connectivity index (χ4v) is 2.47. The number of likely N-dealkylation sites (tertiary alicyclic amines) is 1. The maximum absolute atomic E-state index is 11.6. The number of nitrogens with one attached hydrogen (secondary N) is 2. The van der Waals surface area contributed by atoms with Crippen molar-refractivity contribution in [3.05, 3.63) is 0 Å². The molecule has 1 heterocycles. The van der Waals surface area contributed by atoms with E-state index in [1.165, 1.54) is 23.7 Å². The fraction of sp³-hybridized carbons (Fsp3) is 0.667. The predicted octanol–water partition coefficient (Wildman–Crippen LogP) is -1.02. The van der Waals surface area contributed by atoms with Gasteiger partial charge in [0.25, 0.3) is 0 Å². The minimum atomic E-state index is -0.263. The minimum absolute atomic E-state index is 0.134. The first kappa shape index (κ1) is 16.5. The Morgan fingerprint density at radius 2 is 1.95 bits per heavy atom. The second kappa shape index (κ2) is 7.88. The Hall–Kier alpha value is -1.57. The quantitative estimate of drug-likeness (QED) is 0.587. The van der Waals surface area contributed by atoms with Crippen LogP contribution in [0.5, 0.6) is 0 Å². The van der Waals surface area contributed by atoms with E-state index in [0.717, 1.165) is 0 Å². The molecule has 0 saturated carbocycles. The molecule has 1 atom stereocenters. The highest BCUT2D eigenvalue weighted by atomic mass is 32.2. The van der Waals surface area contributed by atoms with Gasteiger partial charge in [0, 0.05) is 32.5 Å². The van der Waals surface area contributed by atoms with Gasteiger partial charge in [-0.1, -0.05) is 6.92 Å². The molecule has 0 spiro atoms. The van der Waals surface area contributed by atoms with Crippen LogP contribution in [0.4, 0.5) is 0 Å². The predicted molar refractivity (Wildman–Crippen MR) is 74.9 cm³/mol. The van der Waals surface area contributed by atoms with Crippen LogP contribution < -0.4 is 10.6 Å².